The number of hydrogen-bond acceptors (Lipinski definition) is 12. The Hall–Kier alpha value is -3.20. The summed E-state index contributed by atoms with van der Waals surface area (Å²) < 4.78 is 32.9. The first-order valence-electron chi connectivity index (χ1n) is 16.4. The Kier molecular flexibility index (Phi) is 19.2. The Bertz CT molecular complexity index is 1040. The largest absolute Gasteiger partial charge is 0.463 e. The van der Waals surface area contributed by atoms with Crippen LogP contribution in [0.3, 0.4) is 0 Å². The molecule has 47 heavy (non-hydrogen) atoms. The van der Waals surface area contributed by atoms with Crippen LogP contribution in [0.25, 0.3) is 0 Å². The van der Waals surface area contributed by atoms with Crippen molar-refractivity contribution in [3.05, 3.63) is 0 Å². The maximum absolute atomic E-state index is 12.6. The summed E-state index contributed by atoms with van der Waals surface area (Å²) in [5.41, 5.74) is -0.674. The summed E-state index contributed by atoms with van der Waals surface area (Å²) in [6.07, 6.45) is 2.94. The third kappa shape index (κ3) is 18.7. The Morgan fingerprint density at radius 2 is 1.30 bits per heavy atom. The van der Waals surface area contributed by atoms with Gasteiger partial charge >= 0.3 is 30.0 Å². The number of nitrogens with one attached hydrogen (secondary N) is 3. The lowest BCUT2D eigenvalue weighted by Crippen LogP contribution is -2.67. The Morgan fingerprint density at radius 3 is 1.83 bits per heavy atom. The summed E-state index contributed by atoms with van der Waals surface area (Å²) in [6.45, 7) is 12.0. The summed E-state index contributed by atoms with van der Waals surface area (Å²) in [7, 11) is 0. The van der Waals surface area contributed by atoms with Gasteiger partial charge in [0.2, 0.25) is 0 Å². The van der Waals surface area contributed by atoms with Crippen molar-refractivity contribution in [2.75, 3.05) is 13.2 Å². The Balaban J connectivity index is 3.07. The van der Waals surface area contributed by atoms with Gasteiger partial charge in [-0.25, -0.2) is 4.79 Å². The number of hydrogen-bond donors (Lipinski definition) is 3. The zero-order valence-electron chi connectivity index (χ0n) is 29.1. The predicted molar refractivity (Wildman–Crippen MR) is 176 cm³/mol. The number of unbranched alkanes of at least 4 members (excludes halogenated alkanes) is 7. The van der Waals surface area contributed by atoms with Crippen LogP contribution in [0, 0.1) is 0 Å². The van der Waals surface area contributed by atoms with Crippen molar-refractivity contribution >= 4 is 47.3 Å². The van der Waals surface area contributed by atoms with Gasteiger partial charge in [-0.1, -0.05) is 58.3 Å². The topological polar surface area (TPSA) is 177 Å². The van der Waals surface area contributed by atoms with E-state index in [1.807, 2.05) is 0 Å². The van der Waals surface area contributed by atoms with Gasteiger partial charge in [0.15, 0.2) is 29.7 Å². The maximum Gasteiger partial charge on any atom is 0.407 e. The minimum Gasteiger partial charge on any atom is -0.463 e. The summed E-state index contributed by atoms with van der Waals surface area (Å²) >= 11 is 5.53. The first-order valence-corrected chi connectivity index (χ1v) is 16.8. The van der Waals surface area contributed by atoms with Crippen molar-refractivity contribution in [1.82, 2.24) is 16.0 Å². The van der Waals surface area contributed by atoms with E-state index in [-0.39, 0.29) is 24.3 Å². The van der Waals surface area contributed by atoms with Gasteiger partial charge in [0.25, 0.3) is 0 Å². The third-order valence-corrected chi connectivity index (χ3v) is 7.16. The van der Waals surface area contributed by atoms with Crippen LogP contribution in [0.2, 0.25) is 0 Å². The molecule has 0 aromatic heterocycles. The number of ether oxygens (including phenoxy) is 6. The van der Waals surface area contributed by atoms with E-state index in [4.69, 9.17) is 40.6 Å². The molecule has 0 aliphatic carbocycles. The highest BCUT2D eigenvalue weighted by Crippen LogP contribution is 2.28. The van der Waals surface area contributed by atoms with Crippen LogP contribution >= 0.6 is 12.2 Å². The molecule has 6 atom stereocenters. The predicted octanol–water partition coefficient (Wildman–Crippen LogP) is 3.96. The van der Waals surface area contributed by atoms with Gasteiger partial charge in [0.1, 0.15) is 18.3 Å². The molecule has 0 saturated carbocycles. The highest BCUT2D eigenvalue weighted by atomic mass is 32.1. The molecule has 0 bridgehead atoms. The average molecular weight is 690 g/mol. The highest BCUT2D eigenvalue weighted by Gasteiger charge is 2.52. The number of alkyl carbamates (subject to hydrolysis) is 1. The molecule has 0 unspecified atom stereocenters. The molecule has 3 N–H and O–H groups in total. The molecule has 0 spiro atoms. The Labute approximate surface area is 284 Å². The van der Waals surface area contributed by atoms with Crippen molar-refractivity contribution < 1.29 is 52.4 Å². The summed E-state index contributed by atoms with van der Waals surface area (Å²) in [4.78, 5) is 60.3. The normalized spacial score (nSPS) is 21.4. The molecule has 1 saturated heterocycles. The molecule has 270 valence electrons. The van der Waals surface area contributed by atoms with Crippen LogP contribution in [-0.2, 0) is 47.6 Å². The monoisotopic (exact) mass is 689 g/mol. The summed E-state index contributed by atoms with van der Waals surface area (Å²) in [5.74, 6) is -2.82. The van der Waals surface area contributed by atoms with E-state index in [1.54, 1.807) is 20.8 Å². The average Bonchev–Trinajstić information content (AvgIpc) is 2.93. The Morgan fingerprint density at radius 1 is 0.766 bits per heavy atom. The van der Waals surface area contributed by atoms with Crippen LogP contribution in [0.15, 0.2) is 0 Å². The lowest BCUT2D eigenvalue weighted by molar-refractivity contribution is -0.254. The van der Waals surface area contributed by atoms with Crippen molar-refractivity contribution in [3.63, 3.8) is 0 Å². The smallest absolute Gasteiger partial charge is 0.407 e. The molecule has 1 amide bonds. The standard InChI is InChI=1S/C32H55N3O11S/c1-9-10-11-12-13-14-15-16-17-24(34-31(40)46-32(6,7)8)18-33-30(47)35-29-28(44-23(5)39)27(43-22(4)38)26(42-21(3)37)25(45-29)19-41-20(2)36/h24-29H,9-19H2,1-8H3,(H,34,40)(H2,33,35,47)/t24-,25-,26-,27+,28-,29+/m1/s1. The van der Waals surface area contributed by atoms with Gasteiger partial charge in [-0.2, -0.15) is 0 Å². The molecule has 0 aromatic carbocycles. The van der Waals surface area contributed by atoms with E-state index in [0.29, 0.717) is 6.42 Å². The number of carbonyl (C=O) groups excluding carboxylic acids is 5. The summed E-state index contributed by atoms with van der Waals surface area (Å²) in [6, 6.07) is -0.333. The molecule has 14 nitrogen and oxygen atoms in total. The van der Waals surface area contributed by atoms with Crippen molar-refractivity contribution in [3.8, 4) is 0 Å². The number of amides is 1. The highest BCUT2D eigenvalue weighted by molar-refractivity contribution is 7.80. The van der Waals surface area contributed by atoms with Crippen molar-refractivity contribution in [2.45, 2.75) is 155 Å². The van der Waals surface area contributed by atoms with Gasteiger partial charge in [0.05, 0.1) is 0 Å². The van der Waals surface area contributed by atoms with Crippen molar-refractivity contribution in [1.29, 1.82) is 0 Å². The van der Waals surface area contributed by atoms with Crippen molar-refractivity contribution in [2.24, 2.45) is 0 Å². The van der Waals surface area contributed by atoms with Crippen LogP contribution in [0.5, 0.6) is 0 Å². The molecule has 1 heterocycles. The summed E-state index contributed by atoms with van der Waals surface area (Å²) in [5, 5.41) is 8.96. The van der Waals surface area contributed by atoms with Gasteiger partial charge in [0, 0.05) is 40.3 Å². The fraction of sp³-hybridized carbons (Fsp3) is 0.812. The fourth-order valence-electron chi connectivity index (χ4n) is 4.96. The molecular formula is C32H55N3O11S. The second kappa shape index (κ2) is 21.6. The van der Waals surface area contributed by atoms with Gasteiger partial charge in [-0.3, -0.25) is 19.2 Å². The van der Waals surface area contributed by atoms with E-state index >= 15 is 0 Å². The fourth-order valence-corrected chi connectivity index (χ4v) is 5.16. The lowest BCUT2D eigenvalue weighted by atomic mass is 9.97. The number of esters is 4. The number of carbonyl (C=O) groups is 5. The van der Waals surface area contributed by atoms with E-state index in [2.05, 4.69) is 22.9 Å². The van der Waals surface area contributed by atoms with Gasteiger partial charge < -0.3 is 44.4 Å². The second-order valence-corrected chi connectivity index (χ2v) is 13.0. The number of rotatable bonds is 18. The van der Waals surface area contributed by atoms with Crippen LogP contribution in [-0.4, -0.2) is 90.5 Å². The van der Waals surface area contributed by atoms with E-state index in [9.17, 15) is 24.0 Å². The molecule has 0 radical (unpaired) electrons. The third-order valence-electron chi connectivity index (χ3n) is 6.90. The molecule has 0 aromatic rings. The van der Waals surface area contributed by atoms with E-state index in [1.165, 1.54) is 39.0 Å². The SMILES string of the molecule is CCCCCCCCCC[C@H](CNC(=S)N[C@H]1O[C@H](COC(C)=O)[C@@H](OC(C)=O)[C@H](OC(C)=O)[C@H]1OC(C)=O)NC(=O)OC(C)(C)C. The minimum absolute atomic E-state index is 0.0674. The molecule has 1 rings (SSSR count). The van der Waals surface area contributed by atoms with Crippen LogP contribution in [0.1, 0.15) is 113 Å². The number of thiocarbonyl (C=S) groups is 1. The van der Waals surface area contributed by atoms with Crippen LogP contribution in [0.4, 0.5) is 4.79 Å². The zero-order valence-corrected chi connectivity index (χ0v) is 30.0. The van der Waals surface area contributed by atoms with E-state index in [0.717, 1.165) is 40.0 Å². The first-order chi connectivity index (χ1) is 22.0. The van der Waals surface area contributed by atoms with Gasteiger partial charge in [-0.05, 0) is 39.4 Å². The first kappa shape index (κ1) is 41.8. The molecule has 1 aliphatic rings. The molecular weight excluding hydrogens is 634 g/mol. The van der Waals surface area contributed by atoms with Gasteiger partial charge in [-0.15, -0.1) is 0 Å². The quantitative estimate of drug-likeness (QED) is 0.0816. The molecule has 1 fully saturated rings. The van der Waals surface area contributed by atoms with E-state index < -0.39 is 66.2 Å². The zero-order chi connectivity index (χ0) is 35.6. The molecule has 1 aliphatic heterocycles. The molecule has 15 heteroatoms. The minimum atomic E-state index is -1.33. The maximum atomic E-state index is 12.6. The lowest BCUT2D eigenvalue weighted by Gasteiger charge is -2.44. The second-order valence-electron chi connectivity index (χ2n) is 12.6. The van der Waals surface area contributed by atoms with Crippen LogP contribution < -0.4 is 16.0 Å².